The van der Waals surface area contributed by atoms with Gasteiger partial charge in [0.05, 0.1) is 32.3 Å². The fourth-order valence-corrected chi connectivity index (χ4v) is 9.95. The predicted molar refractivity (Wildman–Crippen MR) is 343 cm³/mol. The third-order valence-electron chi connectivity index (χ3n) is 16.0. The van der Waals surface area contributed by atoms with Crippen molar-refractivity contribution in [1.29, 1.82) is 0 Å². The number of nitrogens with one attached hydrogen (secondary N) is 10. The van der Waals surface area contributed by atoms with Crippen LogP contribution in [0.15, 0.2) is 0 Å². The quantitative estimate of drug-likeness (QED) is 0.0282. The van der Waals surface area contributed by atoms with Crippen LogP contribution in [0.1, 0.15) is 167 Å². The molecule has 4 aliphatic carbocycles. The van der Waals surface area contributed by atoms with E-state index in [0.717, 1.165) is 69.8 Å². The molecule has 0 aromatic rings. The van der Waals surface area contributed by atoms with Crippen LogP contribution in [0.3, 0.4) is 0 Å². The molecule has 528 valence electrons. The third-order valence-corrected chi connectivity index (χ3v) is 16.0. The maximum atomic E-state index is 13.3. The standard InChI is InChI=1S/C36H63N9O10.C25H46N8O5/c1-54-35(52)42-19-8-5-11-28(44-36(53)55-2)34(51)41-20-16-31(48)45(22-29(46)39-17-6-3-9-25(32(37)49)21-24-12-13-24)23-30(47)40-18-7-4-10-27(33(38)50)43-26-14-15-26;26-12-11-23(36)33(15-21(34)29-13-3-1-5-19(24(27)37)31-17-7-8-17)16-22(35)30-14-4-2-6-20(25(28)38)32-18-9-10-18/h24-28,43H,3-23H2,1-2H3,(H2,37,49)(H2,38,50)(H,39,46)(H,40,47)(H,41,51)(H,42,52)(H,44,53);17-20,31-32H,1-16,26H2,(H2,27,37)(H2,28,38)(H,29,34)(H,30,35)/t25?,27?,28-;/m0./s1. The first kappa shape index (κ1) is 79.8. The first-order chi connectivity index (χ1) is 44.5. The van der Waals surface area contributed by atoms with Crippen LogP contribution in [-0.2, 0) is 62.2 Å². The second-order valence-corrected chi connectivity index (χ2v) is 24.5. The van der Waals surface area contributed by atoms with Gasteiger partial charge in [0.2, 0.25) is 65.0 Å². The fourth-order valence-electron chi connectivity index (χ4n) is 9.95. The van der Waals surface area contributed by atoms with Gasteiger partial charge < -0.3 is 101 Å². The Labute approximate surface area is 546 Å². The van der Waals surface area contributed by atoms with E-state index in [9.17, 15) is 62.3 Å². The van der Waals surface area contributed by atoms with Gasteiger partial charge in [-0.1, -0.05) is 19.3 Å². The van der Waals surface area contributed by atoms with Crippen LogP contribution in [0, 0.1) is 11.8 Å². The molecule has 13 amide bonds. The molecule has 5 atom stereocenters. The van der Waals surface area contributed by atoms with Crippen LogP contribution in [0.4, 0.5) is 9.59 Å². The molecule has 0 spiro atoms. The van der Waals surface area contributed by atoms with Gasteiger partial charge in [0.15, 0.2) is 0 Å². The van der Waals surface area contributed by atoms with Crippen molar-refractivity contribution in [1.82, 2.24) is 63.0 Å². The number of methoxy groups -OCH3 is 2. The summed E-state index contributed by atoms with van der Waals surface area (Å²) in [4.78, 5) is 161. The predicted octanol–water partition coefficient (Wildman–Crippen LogP) is -2.40. The minimum atomic E-state index is -0.983. The van der Waals surface area contributed by atoms with Crippen LogP contribution in [0.2, 0.25) is 0 Å². The van der Waals surface area contributed by atoms with Crippen LogP contribution in [-0.4, -0.2) is 215 Å². The topological polar surface area (TPSA) is 497 Å². The lowest BCUT2D eigenvalue weighted by molar-refractivity contribution is -0.139. The lowest BCUT2D eigenvalue weighted by Crippen LogP contribution is -2.49. The van der Waals surface area contributed by atoms with E-state index < -0.39 is 66.9 Å². The molecule has 32 nitrogen and oxygen atoms in total. The minimum absolute atomic E-state index is 0.0333. The SMILES string of the molecule is COC(=O)NCCCC[C@H](NC(=O)OC)C(=O)NCCC(=O)N(CC(=O)NCCCCC(CC1CC1)C(N)=O)CC(=O)NCCCCC(NC1CC1)C(N)=O.NCCC(=O)N(CC(=O)NCCCCC(NC1CC1)C(N)=O)CC(=O)NCCCCC(NC1CC1)C(N)=O. The van der Waals surface area contributed by atoms with Crippen molar-refractivity contribution in [2.45, 2.75) is 209 Å². The smallest absolute Gasteiger partial charge is 0.407 e. The highest BCUT2D eigenvalue weighted by Crippen LogP contribution is 2.36. The molecule has 4 saturated carbocycles. The Morgan fingerprint density at radius 2 is 0.742 bits per heavy atom. The van der Waals surface area contributed by atoms with Crippen molar-refractivity contribution in [3.63, 3.8) is 0 Å². The van der Waals surface area contributed by atoms with Gasteiger partial charge in [-0.15, -0.1) is 0 Å². The number of carbonyl (C=O) groups is 13. The number of nitrogens with zero attached hydrogens (tertiary/aromatic N) is 2. The summed E-state index contributed by atoms with van der Waals surface area (Å²) in [5, 5.41) is 28.3. The molecular formula is C61H109N17O15. The van der Waals surface area contributed by atoms with E-state index >= 15 is 0 Å². The number of nitrogens with two attached hydrogens (primary N) is 5. The van der Waals surface area contributed by atoms with E-state index in [-0.39, 0.29) is 98.9 Å². The van der Waals surface area contributed by atoms with Crippen LogP contribution in [0.5, 0.6) is 0 Å². The Morgan fingerprint density at radius 1 is 0.398 bits per heavy atom. The summed E-state index contributed by atoms with van der Waals surface area (Å²) in [6.07, 6.45) is 16.5. The number of unbranched alkanes of at least 4 members (excludes halogenated alkanes) is 5. The van der Waals surface area contributed by atoms with E-state index in [1.165, 1.54) is 12.0 Å². The minimum Gasteiger partial charge on any atom is -0.453 e. The number of ether oxygens (including phenoxy) is 2. The average Bonchev–Trinajstić information content (AvgIpc) is 3.15. The summed E-state index contributed by atoms with van der Waals surface area (Å²) in [6.45, 7) is 0.371. The monoisotopic (exact) mass is 1320 g/mol. The molecule has 0 aromatic carbocycles. The zero-order chi connectivity index (χ0) is 68.5. The summed E-state index contributed by atoms with van der Waals surface area (Å²) < 4.78 is 9.14. The van der Waals surface area contributed by atoms with Gasteiger partial charge in [-0.25, -0.2) is 9.59 Å². The van der Waals surface area contributed by atoms with Crippen LogP contribution < -0.4 is 81.8 Å². The second-order valence-electron chi connectivity index (χ2n) is 24.5. The van der Waals surface area contributed by atoms with E-state index in [1.807, 2.05) is 0 Å². The zero-order valence-corrected chi connectivity index (χ0v) is 54.8. The lowest BCUT2D eigenvalue weighted by atomic mass is 9.95. The number of hydrogen-bond acceptors (Lipinski definition) is 19. The first-order valence-electron chi connectivity index (χ1n) is 33.2. The van der Waals surface area contributed by atoms with Gasteiger partial charge >= 0.3 is 12.2 Å². The molecular weight excluding hydrogens is 1210 g/mol. The molecule has 4 fully saturated rings. The summed E-state index contributed by atoms with van der Waals surface area (Å²) in [6, 6.07) is -1.04. The Morgan fingerprint density at radius 3 is 1.06 bits per heavy atom. The van der Waals surface area contributed by atoms with Crippen molar-refractivity contribution in [2.75, 3.05) is 86.2 Å². The Kier molecular flexibility index (Phi) is 39.3. The molecule has 0 aliphatic heterocycles. The van der Waals surface area contributed by atoms with Crippen molar-refractivity contribution in [3.05, 3.63) is 0 Å². The van der Waals surface area contributed by atoms with E-state index in [4.69, 9.17) is 28.7 Å². The molecule has 4 unspecified atom stereocenters. The van der Waals surface area contributed by atoms with Crippen molar-refractivity contribution in [3.8, 4) is 0 Å². The molecule has 0 aromatic heterocycles. The number of carbonyl (C=O) groups excluding carboxylic acids is 13. The second kappa shape index (κ2) is 45.8. The third kappa shape index (κ3) is 39.0. The summed E-state index contributed by atoms with van der Waals surface area (Å²) >= 11 is 0. The fraction of sp³-hybridized carbons (Fsp3) is 0.787. The summed E-state index contributed by atoms with van der Waals surface area (Å²) in [5.41, 5.74) is 27.4. The van der Waals surface area contributed by atoms with Crippen molar-refractivity contribution in [2.24, 2.45) is 40.5 Å². The van der Waals surface area contributed by atoms with Crippen LogP contribution >= 0.6 is 0 Å². The van der Waals surface area contributed by atoms with E-state index in [0.29, 0.717) is 147 Å². The number of rotatable bonds is 52. The Hall–Kier alpha value is -7.45. The van der Waals surface area contributed by atoms with Gasteiger partial charge in [-0.2, -0.15) is 0 Å². The molecule has 32 heteroatoms. The van der Waals surface area contributed by atoms with Gasteiger partial charge in [0.25, 0.3) is 0 Å². The average molecular weight is 1320 g/mol. The molecule has 0 bridgehead atoms. The zero-order valence-electron chi connectivity index (χ0n) is 54.8. The molecule has 0 radical (unpaired) electrons. The van der Waals surface area contributed by atoms with Crippen molar-refractivity contribution < 1.29 is 71.8 Å². The summed E-state index contributed by atoms with van der Waals surface area (Å²) in [5.74, 6) is -4.25. The van der Waals surface area contributed by atoms with Gasteiger partial charge in [0.1, 0.15) is 32.2 Å². The number of alkyl carbamates (subject to hydrolysis) is 2. The van der Waals surface area contributed by atoms with E-state index in [2.05, 4.69) is 62.6 Å². The number of hydrogen-bond donors (Lipinski definition) is 15. The highest BCUT2D eigenvalue weighted by molar-refractivity contribution is 5.91. The van der Waals surface area contributed by atoms with Crippen molar-refractivity contribution >= 4 is 77.2 Å². The summed E-state index contributed by atoms with van der Waals surface area (Å²) in [7, 11) is 2.40. The Balaban J connectivity index is 0.000000518. The highest BCUT2D eigenvalue weighted by atomic mass is 16.5. The van der Waals surface area contributed by atoms with Gasteiger partial charge in [0, 0.05) is 82.7 Å². The van der Waals surface area contributed by atoms with Crippen LogP contribution in [0.25, 0.3) is 0 Å². The van der Waals surface area contributed by atoms with E-state index in [1.54, 1.807) is 0 Å². The Bertz CT molecular complexity index is 2280. The maximum Gasteiger partial charge on any atom is 0.407 e. The normalized spacial score (nSPS) is 15.6. The van der Waals surface area contributed by atoms with Gasteiger partial charge in [-0.3, -0.25) is 52.7 Å². The maximum absolute atomic E-state index is 13.3. The molecule has 0 saturated heterocycles. The molecule has 0 heterocycles. The molecule has 4 aliphatic rings. The number of amides is 13. The lowest BCUT2D eigenvalue weighted by Gasteiger charge is -2.23. The highest BCUT2D eigenvalue weighted by Gasteiger charge is 2.31. The number of primary amides is 4. The molecule has 20 N–H and O–H groups in total. The first-order valence-corrected chi connectivity index (χ1v) is 33.2. The molecule has 4 rings (SSSR count). The molecule has 93 heavy (non-hydrogen) atoms. The largest absolute Gasteiger partial charge is 0.453 e. The van der Waals surface area contributed by atoms with Gasteiger partial charge in [-0.05, 0) is 141 Å².